The van der Waals surface area contributed by atoms with Gasteiger partial charge in [0.25, 0.3) is 0 Å². The Hall–Kier alpha value is -1.09. The fourth-order valence-electron chi connectivity index (χ4n) is 2.48. The van der Waals surface area contributed by atoms with Crippen molar-refractivity contribution in [2.45, 2.75) is 43.8 Å². The lowest BCUT2D eigenvalue weighted by Gasteiger charge is -2.36. The normalized spacial score (nSPS) is 21.6. The quantitative estimate of drug-likeness (QED) is 0.809. The predicted molar refractivity (Wildman–Crippen MR) is 62.0 cm³/mol. The SMILES string of the molecule is NC1(C(F)c2ccccc2O)CCCCC1. The zero-order valence-corrected chi connectivity index (χ0v) is 9.32. The van der Waals surface area contributed by atoms with Crippen molar-refractivity contribution >= 4 is 0 Å². The summed E-state index contributed by atoms with van der Waals surface area (Å²) in [5, 5.41) is 9.63. The van der Waals surface area contributed by atoms with Crippen LogP contribution in [0.1, 0.15) is 43.8 Å². The van der Waals surface area contributed by atoms with Crippen LogP contribution in [0.3, 0.4) is 0 Å². The van der Waals surface area contributed by atoms with Crippen LogP contribution in [0.25, 0.3) is 0 Å². The highest BCUT2D eigenvalue weighted by atomic mass is 19.1. The molecule has 88 valence electrons. The molecule has 2 nitrogen and oxygen atoms in total. The zero-order chi connectivity index (χ0) is 11.6. The smallest absolute Gasteiger partial charge is 0.147 e. The summed E-state index contributed by atoms with van der Waals surface area (Å²) < 4.78 is 14.4. The van der Waals surface area contributed by atoms with E-state index in [9.17, 15) is 9.50 Å². The van der Waals surface area contributed by atoms with Crippen LogP contribution in [0.15, 0.2) is 24.3 Å². The Bertz CT molecular complexity index is 361. The molecular formula is C13H18FNO. The second kappa shape index (κ2) is 4.42. The Morgan fingerprint density at radius 2 is 1.81 bits per heavy atom. The van der Waals surface area contributed by atoms with Gasteiger partial charge < -0.3 is 10.8 Å². The molecule has 3 N–H and O–H groups in total. The average molecular weight is 223 g/mol. The average Bonchev–Trinajstić information content (AvgIpc) is 2.30. The molecule has 1 aliphatic carbocycles. The second-order valence-electron chi connectivity index (χ2n) is 4.72. The van der Waals surface area contributed by atoms with Crippen molar-refractivity contribution < 1.29 is 9.50 Å². The summed E-state index contributed by atoms with van der Waals surface area (Å²) in [4.78, 5) is 0. The molecule has 1 aliphatic rings. The van der Waals surface area contributed by atoms with Crippen LogP contribution in [0.4, 0.5) is 4.39 Å². The molecule has 3 heteroatoms. The van der Waals surface area contributed by atoms with Gasteiger partial charge in [0.15, 0.2) is 0 Å². The molecular weight excluding hydrogens is 205 g/mol. The van der Waals surface area contributed by atoms with Gasteiger partial charge in [-0.1, -0.05) is 37.5 Å². The van der Waals surface area contributed by atoms with E-state index >= 15 is 0 Å². The van der Waals surface area contributed by atoms with E-state index in [0.717, 1.165) is 19.3 Å². The van der Waals surface area contributed by atoms with Gasteiger partial charge in [0.1, 0.15) is 11.9 Å². The maximum atomic E-state index is 14.4. The highest BCUT2D eigenvalue weighted by Gasteiger charge is 2.38. The zero-order valence-electron chi connectivity index (χ0n) is 9.32. The first-order chi connectivity index (χ1) is 7.63. The van der Waals surface area contributed by atoms with Crippen LogP contribution < -0.4 is 5.73 Å². The Morgan fingerprint density at radius 3 is 2.44 bits per heavy atom. The van der Waals surface area contributed by atoms with Crippen LogP contribution in [0, 0.1) is 0 Å². The third-order valence-electron chi connectivity index (χ3n) is 3.50. The molecule has 1 saturated carbocycles. The number of halogens is 1. The number of para-hydroxylation sites is 1. The number of aromatic hydroxyl groups is 1. The van der Waals surface area contributed by atoms with Crippen molar-refractivity contribution in [1.82, 2.24) is 0 Å². The van der Waals surface area contributed by atoms with Crippen molar-refractivity contribution in [2.75, 3.05) is 0 Å². The standard InChI is InChI=1S/C13H18FNO/c14-12(10-6-2-3-7-11(10)16)13(15)8-4-1-5-9-13/h2-3,6-7,12,16H,1,4-5,8-9,15H2. The minimum absolute atomic E-state index is 0.00500. The van der Waals surface area contributed by atoms with Gasteiger partial charge in [0, 0.05) is 5.56 Å². The van der Waals surface area contributed by atoms with Crippen LogP contribution in [-0.4, -0.2) is 10.6 Å². The number of phenols is 1. The Balaban J connectivity index is 2.24. The summed E-state index contributed by atoms with van der Waals surface area (Å²) in [5.74, 6) is 0.00500. The molecule has 1 aromatic carbocycles. The fraction of sp³-hybridized carbons (Fsp3) is 0.538. The van der Waals surface area contributed by atoms with E-state index in [-0.39, 0.29) is 5.75 Å². The van der Waals surface area contributed by atoms with Gasteiger partial charge in [-0.25, -0.2) is 4.39 Å². The number of rotatable bonds is 2. The van der Waals surface area contributed by atoms with E-state index in [2.05, 4.69) is 0 Å². The number of alkyl halides is 1. The third-order valence-corrected chi connectivity index (χ3v) is 3.50. The molecule has 0 saturated heterocycles. The van der Waals surface area contributed by atoms with Gasteiger partial charge in [-0.2, -0.15) is 0 Å². The van der Waals surface area contributed by atoms with Gasteiger partial charge in [-0.3, -0.25) is 0 Å². The fourth-order valence-corrected chi connectivity index (χ4v) is 2.48. The van der Waals surface area contributed by atoms with E-state index in [1.165, 1.54) is 6.07 Å². The van der Waals surface area contributed by atoms with Crippen molar-refractivity contribution in [3.05, 3.63) is 29.8 Å². The summed E-state index contributed by atoms with van der Waals surface area (Å²) in [6.45, 7) is 0. The van der Waals surface area contributed by atoms with E-state index < -0.39 is 11.7 Å². The summed E-state index contributed by atoms with van der Waals surface area (Å²) in [5.41, 5.74) is 5.65. The van der Waals surface area contributed by atoms with Crippen LogP contribution in [0.5, 0.6) is 5.75 Å². The molecule has 1 atom stereocenters. The maximum absolute atomic E-state index is 14.4. The van der Waals surface area contributed by atoms with Gasteiger partial charge in [0.2, 0.25) is 0 Å². The van der Waals surface area contributed by atoms with Crippen molar-refractivity contribution in [2.24, 2.45) is 5.73 Å². The first kappa shape index (κ1) is 11.4. The van der Waals surface area contributed by atoms with Gasteiger partial charge in [0.05, 0.1) is 5.54 Å². The largest absolute Gasteiger partial charge is 0.508 e. The molecule has 2 rings (SSSR count). The minimum Gasteiger partial charge on any atom is -0.508 e. The summed E-state index contributed by atoms with van der Waals surface area (Å²) in [6, 6.07) is 6.54. The molecule has 1 fully saturated rings. The predicted octanol–water partition coefficient (Wildman–Crippen LogP) is 3.06. The first-order valence-corrected chi connectivity index (χ1v) is 5.84. The number of nitrogens with two attached hydrogens (primary N) is 1. The van der Waals surface area contributed by atoms with E-state index in [1.807, 2.05) is 0 Å². The molecule has 16 heavy (non-hydrogen) atoms. The highest BCUT2D eigenvalue weighted by Crippen LogP contribution is 2.41. The summed E-state index contributed by atoms with van der Waals surface area (Å²) in [7, 11) is 0. The monoisotopic (exact) mass is 223 g/mol. The summed E-state index contributed by atoms with van der Waals surface area (Å²) in [6.07, 6.45) is 3.21. The van der Waals surface area contributed by atoms with E-state index in [1.54, 1.807) is 18.2 Å². The van der Waals surface area contributed by atoms with Crippen molar-refractivity contribution in [1.29, 1.82) is 0 Å². The number of benzene rings is 1. The van der Waals surface area contributed by atoms with Gasteiger partial charge in [-0.15, -0.1) is 0 Å². The van der Waals surface area contributed by atoms with Crippen LogP contribution >= 0.6 is 0 Å². The lowest BCUT2D eigenvalue weighted by Crippen LogP contribution is -2.45. The Morgan fingerprint density at radius 1 is 1.19 bits per heavy atom. The molecule has 1 unspecified atom stereocenters. The van der Waals surface area contributed by atoms with Crippen molar-refractivity contribution in [3.63, 3.8) is 0 Å². The molecule has 0 spiro atoms. The van der Waals surface area contributed by atoms with Gasteiger partial charge in [-0.05, 0) is 18.9 Å². The molecule has 0 radical (unpaired) electrons. The van der Waals surface area contributed by atoms with E-state index in [0.29, 0.717) is 18.4 Å². The minimum atomic E-state index is -1.27. The summed E-state index contributed by atoms with van der Waals surface area (Å²) >= 11 is 0. The van der Waals surface area contributed by atoms with Crippen LogP contribution in [-0.2, 0) is 0 Å². The number of hydrogen-bond acceptors (Lipinski definition) is 2. The Kier molecular flexibility index (Phi) is 3.15. The first-order valence-electron chi connectivity index (χ1n) is 5.84. The third kappa shape index (κ3) is 2.05. The number of hydrogen-bond donors (Lipinski definition) is 2. The lowest BCUT2D eigenvalue weighted by molar-refractivity contribution is 0.140. The van der Waals surface area contributed by atoms with Crippen molar-refractivity contribution in [3.8, 4) is 5.75 Å². The number of phenolic OH excluding ortho intramolecular Hbond substituents is 1. The molecule has 0 aliphatic heterocycles. The van der Waals surface area contributed by atoms with Crippen LogP contribution in [0.2, 0.25) is 0 Å². The molecule has 0 aromatic heterocycles. The van der Waals surface area contributed by atoms with Gasteiger partial charge >= 0.3 is 0 Å². The molecule has 0 amide bonds. The lowest BCUT2D eigenvalue weighted by atomic mass is 9.77. The second-order valence-corrected chi connectivity index (χ2v) is 4.72. The molecule has 1 aromatic rings. The van der Waals surface area contributed by atoms with E-state index in [4.69, 9.17) is 5.73 Å². The maximum Gasteiger partial charge on any atom is 0.147 e. The topological polar surface area (TPSA) is 46.2 Å². The molecule has 0 heterocycles. The molecule has 0 bridgehead atoms. The Labute approximate surface area is 95.3 Å². The highest BCUT2D eigenvalue weighted by molar-refractivity contribution is 5.35.